The average Bonchev–Trinajstić information content (AvgIpc) is 1.61. The van der Waals surface area contributed by atoms with E-state index in [0.717, 1.165) is 0 Å². The molecular weight excluding hydrogens is 209 g/mol. The van der Waals surface area contributed by atoms with Crippen molar-refractivity contribution >= 4 is 39.4 Å². The monoisotopic (exact) mass is 213 g/mol. The zero-order chi connectivity index (χ0) is 4.83. The molecule has 0 fully saturated rings. The van der Waals surface area contributed by atoms with E-state index in [9.17, 15) is 0 Å². The van der Waals surface area contributed by atoms with Gasteiger partial charge in [0.15, 0.2) is 0 Å². The largest absolute Gasteiger partial charge is 0.258 e. The molecule has 0 N–H and O–H groups in total. The number of rotatable bonds is 1. The van der Waals surface area contributed by atoms with Crippen molar-refractivity contribution in [3.63, 3.8) is 0 Å². The van der Waals surface area contributed by atoms with Gasteiger partial charge < -0.3 is 0 Å². The Balaban J connectivity index is 3.07. The molecule has 0 heterocycles. The van der Waals surface area contributed by atoms with E-state index < -0.39 is 0 Å². The fraction of sp³-hybridized carbons (Fsp3) is 0. The molecule has 0 rings (SSSR count). The summed E-state index contributed by atoms with van der Waals surface area (Å²) in [5.74, 6) is 0. The molecule has 1 nitrogen and oxygen atoms in total. The molecule has 34 valence electrons. The summed E-state index contributed by atoms with van der Waals surface area (Å²) in [6.07, 6.45) is 1.61. The summed E-state index contributed by atoms with van der Waals surface area (Å²) in [4.78, 5) is 3.70. The Kier molecular flexibility index (Phi) is 5.94. The van der Waals surface area contributed by atoms with Gasteiger partial charge in [0.25, 0.3) is 0 Å². The highest BCUT2D eigenvalue weighted by Crippen LogP contribution is 1.78. The van der Waals surface area contributed by atoms with Crippen molar-refractivity contribution in [3.05, 3.63) is 11.6 Å². The van der Waals surface area contributed by atoms with Gasteiger partial charge in [-0.25, -0.2) is 0 Å². The Morgan fingerprint density at radius 1 is 1.67 bits per heavy atom. The maximum absolute atomic E-state index is 3.76. The number of aliphatic imine (C=N–C) groups is 1. The second kappa shape index (κ2) is 5.49. The van der Waals surface area contributed by atoms with Gasteiger partial charge in [-0.05, 0) is 28.0 Å². The first-order valence-electron chi connectivity index (χ1n) is 1.33. The van der Waals surface area contributed by atoms with Crippen LogP contribution in [-0.2, 0) is 0 Å². The molecule has 0 aromatic heterocycles. The number of thiol groups is 1. The summed E-state index contributed by atoms with van der Waals surface area (Å²) in [6.45, 7) is 0. The van der Waals surface area contributed by atoms with Gasteiger partial charge in [0.1, 0.15) is 0 Å². The third-order valence-corrected chi connectivity index (χ3v) is 0.664. The highest BCUT2D eigenvalue weighted by atomic mass is 127. The van der Waals surface area contributed by atoms with Crippen LogP contribution in [0.4, 0.5) is 0 Å². The van der Waals surface area contributed by atoms with E-state index in [-0.39, 0.29) is 0 Å². The van der Waals surface area contributed by atoms with Crippen LogP contribution in [0.15, 0.2) is 16.6 Å². The molecule has 0 radical (unpaired) electrons. The minimum atomic E-state index is 1.58. The Bertz CT molecular complexity index is 59.2. The third kappa shape index (κ3) is 4.49. The molecule has 0 saturated carbocycles. The molecule has 0 unspecified atom stereocenters. The van der Waals surface area contributed by atoms with Crippen LogP contribution in [-0.4, -0.2) is 4.22 Å². The summed E-state index contributed by atoms with van der Waals surface area (Å²) in [5, 5.41) is 1.58. The first kappa shape index (κ1) is 6.49. The van der Waals surface area contributed by atoms with Crippen molar-refractivity contribution in [1.82, 2.24) is 0 Å². The highest BCUT2D eigenvalue weighted by molar-refractivity contribution is 14.1. The first-order valence-corrected chi connectivity index (χ1v) is 3.09. The Hall–Kier alpha value is 0.490. The summed E-state index contributed by atoms with van der Waals surface area (Å²) < 4.78 is 1.67. The fourth-order valence-corrected chi connectivity index (χ4v) is 0.334. The van der Waals surface area contributed by atoms with Crippen LogP contribution in [0.2, 0.25) is 0 Å². The molecule has 0 aromatic rings. The zero-order valence-electron chi connectivity index (χ0n) is 3.00. The molecule has 0 aliphatic carbocycles. The summed E-state index contributed by atoms with van der Waals surface area (Å²) in [6, 6.07) is 0. The molecule has 0 atom stereocenters. The molecule has 0 saturated heterocycles. The van der Waals surface area contributed by atoms with Crippen LogP contribution in [0.3, 0.4) is 0 Å². The standard InChI is InChI=1S/C3H4INS/c4-3-5-1-2-6/h1-3,6H/b2-1-,5-3?. The lowest BCUT2D eigenvalue weighted by molar-refractivity contribution is 1.64. The van der Waals surface area contributed by atoms with Crippen LogP contribution >= 0.6 is 35.2 Å². The van der Waals surface area contributed by atoms with Gasteiger partial charge in [-0.2, -0.15) is 0 Å². The minimum Gasteiger partial charge on any atom is -0.258 e. The van der Waals surface area contributed by atoms with Gasteiger partial charge in [-0.1, -0.05) is 0 Å². The van der Waals surface area contributed by atoms with Crippen molar-refractivity contribution in [2.45, 2.75) is 0 Å². The van der Waals surface area contributed by atoms with Gasteiger partial charge in [0.2, 0.25) is 0 Å². The van der Waals surface area contributed by atoms with Crippen LogP contribution < -0.4 is 0 Å². The molecule has 0 spiro atoms. The normalized spacial score (nSPS) is 11.7. The van der Waals surface area contributed by atoms with Crippen LogP contribution in [0.25, 0.3) is 0 Å². The minimum absolute atomic E-state index is 1.58. The quantitative estimate of drug-likeness (QED) is 0.387. The van der Waals surface area contributed by atoms with Crippen molar-refractivity contribution < 1.29 is 0 Å². The predicted octanol–water partition coefficient (Wildman–Crippen LogP) is 1.85. The average molecular weight is 213 g/mol. The third-order valence-electron chi connectivity index (χ3n) is 0.209. The predicted molar refractivity (Wildman–Crippen MR) is 40.6 cm³/mol. The van der Waals surface area contributed by atoms with Gasteiger partial charge in [-0.15, -0.1) is 12.6 Å². The van der Waals surface area contributed by atoms with E-state index >= 15 is 0 Å². The first-order chi connectivity index (χ1) is 2.91. The smallest absolute Gasteiger partial charge is 0.0651 e. The van der Waals surface area contributed by atoms with Gasteiger partial charge in [0, 0.05) is 6.20 Å². The van der Waals surface area contributed by atoms with Crippen molar-refractivity contribution in [1.29, 1.82) is 0 Å². The van der Waals surface area contributed by atoms with Gasteiger partial charge in [-0.3, -0.25) is 4.99 Å². The fourth-order valence-electron chi connectivity index (χ4n) is 0.0710. The lowest BCUT2D eigenvalue weighted by Gasteiger charge is -1.62. The molecule has 0 aliphatic heterocycles. The number of nitrogens with zero attached hydrogens (tertiary/aromatic N) is 1. The van der Waals surface area contributed by atoms with Crippen molar-refractivity contribution in [2.75, 3.05) is 0 Å². The van der Waals surface area contributed by atoms with E-state index in [1.54, 1.807) is 15.8 Å². The van der Waals surface area contributed by atoms with E-state index in [4.69, 9.17) is 0 Å². The van der Waals surface area contributed by atoms with Gasteiger partial charge in [0.05, 0.1) is 4.22 Å². The lowest BCUT2D eigenvalue weighted by Crippen LogP contribution is -1.42. The molecule has 0 aromatic carbocycles. The SMILES string of the molecule is S/C=C\N=CI. The molecule has 6 heavy (non-hydrogen) atoms. The summed E-state index contributed by atoms with van der Waals surface area (Å²) in [7, 11) is 0. The summed E-state index contributed by atoms with van der Waals surface area (Å²) in [5.41, 5.74) is 0. The van der Waals surface area contributed by atoms with Crippen LogP contribution in [0.1, 0.15) is 0 Å². The zero-order valence-corrected chi connectivity index (χ0v) is 6.06. The van der Waals surface area contributed by atoms with E-state index in [1.165, 1.54) is 0 Å². The number of halogens is 1. The topological polar surface area (TPSA) is 12.4 Å². The van der Waals surface area contributed by atoms with Crippen molar-refractivity contribution in [2.24, 2.45) is 4.99 Å². The molecule has 3 heteroatoms. The van der Waals surface area contributed by atoms with Gasteiger partial charge >= 0.3 is 0 Å². The second-order valence-electron chi connectivity index (χ2n) is 0.545. The van der Waals surface area contributed by atoms with E-state index in [2.05, 4.69) is 17.6 Å². The van der Waals surface area contributed by atoms with Crippen LogP contribution in [0.5, 0.6) is 0 Å². The number of hydrogen-bond acceptors (Lipinski definition) is 2. The molecule has 0 amide bonds. The van der Waals surface area contributed by atoms with E-state index in [0.29, 0.717) is 0 Å². The Morgan fingerprint density at radius 2 is 2.33 bits per heavy atom. The Morgan fingerprint density at radius 3 is 2.50 bits per heavy atom. The maximum Gasteiger partial charge on any atom is 0.0651 e. The maximum atomic E-state index is 3.76. The highest BCUT2D eigenvalue weighted by Gasteiger charge is 1.50. The molecule has 0 aliphatic rings. The van der Waals surface area contributed by atoms with Crippen molar-refractivity contribution in [3.8, 4) is 0 Å². The second-order valence-corrected chi connectivity index (χ2v) is 1.40. The Labute approximate surface area is 56.1 Å². The van der Waals surface area contributed by atoms with Crippen LogP contribution in [0, 0.1) is 0 Å². The van der Waals surface area contributed by atoms with E-state index in [1.807, 2.05) is 22.6 Å². The molecule has 0 bridgehead atoms. The summed E-state index contributed by atoms with van der Waals surface area (Å²) >= 11 is 5.79. The lowest BCUT2D eigenvalue weighted by atomic mass is 11.1. The molecular formula is C3H4INS. The number of hydrogen-bond donors (Lipinski definition) is 1.